The van der Waals surface area contributed by atoms with Crippen molar-refractivity contribution in [2.75, 3.05) is 12.8 Å². The summed E-state index contributed by atoms with van der Waals surface area (Å²) in [6.07, 6.45) is 4.56. The molecule has 1 heterocycles. The topological polar surface area (TPSA) is 42.2 Å². The molecule has 0 bridgehead atoms. The zero-order valence-electron chi connectivity index (χ0n) is 9.48. The predicted octanol–water partition coefficient (Wildman–Crippen LogP) is 1.89. The molecule has 1 fully saturated rings. The van der Waals surface area contributed by atoms with Gasteiger partial charge in [-0.2, -0.15) is 0 Å². The molecule has 0 amide bonds. The molecule has 1 aromatic rings. The number of hydrogen-bond donors (Lipinski definition) is 1. The Kier molecular flexibility index (Phi) is 2.91. The molecule has 1 saturated carbocycles. The van der Waals surface area contributed by atoms with Crippen LogP contribution in [-0.4, -0.2) is 23.0 Å². The third-order valence-electron chi connectivity index (χ3n) is 3.28. The van der Waals surface area contributed by atoms with Gasteiger partial charge in [-0.3, -0.25) is 4.90 Å². The Morgan fingerprint density at radius 1 is 1.60 bits per heavy atom. The molecule has 1 unspecified atom stereocenters. The lowest BCUT2D eigenvalue weighted by Crippen LogP contribution is -2.30. The van der Waals surface area contributed by atoms with Gasteiger partial charge in [-0.1, -0.05) is 0 Å². The van der Waals surface area contributed by atoms with Crippen LogP contribution in [0.25, 0.3) is 0 Å². The Hall–Kier alpha value is -1.09. The van der Waals surface area contributed by atoms with Crippen molar-refractivity contribution < 1.29 is 0 Å². The van der Waals surface area contributed by atoms with E-state index in [4.69, 9.17) is 5.73 Å². The summed E-state index contributed by atoms with van der Waals surface area (Å²) in [6, 6.07) is 4.67. The largest absolute Gasteiger partial charge is 0.384 e. The van der Waals surface area contributed by atoms with Gasteiger partial charge in [-0.25, -0.2) is 4.98 Å². The molecule has 3 nitrogen and oxygen atoms in total. The first-order valence-electron chi connectivity index (χ1n) is 5.57. The summed E-state index contributed by atoms with van der Waals surface area (Å²) < 4.78 is 0. The Balaban J connectivity index is 1.95. The zero-order valence-corrected chi connectivity index (χ0v) is 9.48. The second-order valence-corrected chi connectivity index (χ2v) is 4.58. The van der Waals surface area contributed by atoms with Crippen LogP contribution in [-0.2, 0) is 6.54 Å². The summed E-state index contributed by atoms with van der Waals surface area (Å²) in [6.45, 7) is 3.27. The van der Waals surface area contributed by atoms with Crippen molar-refractivity contribution in [3.63, 3.8) is 0 Å². The summed E-state index contributed by atoms with van der Waals surface area (Å²) in [4.78, 5) is 6.39. The third-order valence-corrected chi connectivity index (χ3v) is 3.28. The van der Waals surface area contributed by atoms with Gasteiger partial charge in [-0.15, -0.1) is 0 Å². The first-order chi connectivity index (χ1) is 7.16. The molecule has 0 radical (unpaired) electrons. The molecule has 0 aromatic carbocycles. The molecule has 15 heavy (non-hydrogen) atoms. The highest BCUT2D eigenvalue weighted by Gasteiger charge is 2.30. The summed E-state index contributed by atoms with van der Waals surface area (Å²) in [5, 5.41) is 0. The fourth-order valence-electron chi connectivity index (χ4n) is 1.96. The van der Waals surface area contributed by atoms with E-state index in [0.29, 0.717) is 11.9 Å². The molecule has 0 spiro atoms. The van der Waals surface area contributed by atoms with Crippen LogP contribution in [0.5, 0.6) is 0 Å². The van der Waals surface area contributed by atoms with Crippen LogP contribution >= 0.6 is 0 Å². The molecule has 2 N–H and O–H groups in total. The standard InChI is InChI=1S/C12H19N3/c1-9(11-3-4-11)15(2)8-10-5-6-14-12(13)7-10/h5-7,9,11H,3-4,8H2,1-2H3,(H2,13,14). The van der Waals surface area contributed by atoms with Crippen molar-refractivity contribution in [3.05, 3.63) is 23.9 Å². The van der Waals surface area contributed by atoms with Crippen molar-refractivity contribution in [1.29, 1.82) is 0 Å². The van der Waals surface area contributed by atoms with Gasteiger partial charge in [0.2, 0.25) is 0 Å². The van der Waals surface area contributed by atoms with Crippen LogP contribution in [0.3, 0.4) is 0 Å². The number of rotatable bonds is 4. The maximum Gasteiger partial charge on any atom is 0.123 e. The van der Waals surface area contributed by atoms with E-state index in [9.17, 15) is 0 Å². The van der Waals surface area contributed by atoms with E-state index in [-0.39, 0.29) is 0 Å². The van der Waals surface area contributed by atoms with Gasteiger partial charge in [0.05, 0.1) is 0 Å². The Bertz CT molecular complexity index is 333. The lowest BCUT2D eigenvalue weighted by Gasteiger charge is -2.24. The number of anilines is 1. The van der Waals surface area contributed by atoms with E-state index in [1.54, 1.807) is 6.20 Å². The monoisotopic (exact) mass is 205 g/mol. The van der Waals surface area contributed by atoms with Gasteiger partial charge in [-0.05, 0) is 50.4 Å². The molecule has 0 saturated heterocycles. The minimum absolute atomic E-state index is 0.611. The van der Waals surface area contributed by atoms with E-state index in [2.05, 4.69) is 23.9 Å². The van der Waals surface area contributed by atoms with Crippen LogP contribution in [0.1, 0.15) is 25.3 Å². The van der Waals surface area contributed by atoms with Gasteiger partial charge in [0.25, 0.3) is 0 Å². The van der Waals surface area contributed by atoms with Crippen LogP contribution in [0.4, 0.5) is 5.82 Å². The van der Waals surface area contributed by atoms with Crippen molar-refractivity contribution >= 4 is 5.82 Å². The van der Waals surface area contributed by atoms with Crippen LogP contribution in [0.2, 0.25) is 0 Å². The van der Waals surface area contributed by atoms with Gasteiger partial charge < -0.3 is 5.73 Å². The second kappa shape index (κ2) is 4.19. The Labute approximate surface area is 91.3 Å². The highest BCUT2D eigenvalue weighted by atomic mass is 15.1. The zero-order chi connectivity index (χ0) is 10.8. The maximum absolute atomic E-state index is 5.65. The van der Waals surface area contributed by atoms with E-state index in [0.717, 1.165) is 12.5 Å². The number of hydrogen-bond acceptors (Lipinski definition) is 3. The Morgan fingerprint density at radius 3 is 2.93 bits per heavy atom. The quantitative estimate of drug-likeness (QED) is 0.816. The summed E-state index contributed by atoms with van der Waals surface area (Å²) in [5.74, 6) is 1.52. The van der Waals surface area contributed by atoms with E-state index in [1.165, 1.54) is 18.4 Å². The lowest BCUT2D eigenvalue weighted by molar-refractivity contribution is 0.226. The molecular weight excluding hydrogens is 186 g/mol. The number of nitrogens with zero attached hydrogens (tertiary/aromatic N) is 2. The average Bonchev–Trinajstić information content (AvgIpc) is 2.99. The molecule has 1 aliphatic rings. The van der Waals surface area contributed by atoms with Gasteiger partial charge >= 0.3 is 0 Å². The normalized spacial score (nSPS) is 18.1. The van der Waals surface area contributed by atoms with Gasteiger partial charge in [0.15, 0.2) is 0 Å². The predicted molar refractivity (Wildman–Crippen MR) is 62.3 cm³/mol. The molecule has 1 atom stereocenters. The molecule has 82 valence electrons. The fourth-order valence-corrected chi connectivity index (χ4v) is 1.96. The van der Waals surface area contributed by atoms with Crippen LogP contribution in [0.15, 0.2) is 18.3 Å². The summed E-state index contributed by atoms with van der Waals surface area (Å²) in [7, 11) is 2.18. The summed E-state index contributed by atoms with van der Waals surface area (Å²) >= 11 is 0. The lowest BCUT2D eigenvalue weighted by atomic mass is 10.1. The van der Waals surface area contributed by atoms with Crippen molar-refractivity contribution in [2.24, 2.45) is 5.92 Å². The smallest absolute Gasteiger partial charge is 0.123 e. The van der Waals surface area contributed by atoms with E-state index < -0.39 is 0 Å². The van der Waals surface area contributed by atoms with Crippen molar-refractivity contribution in [1.82, 2.24) is 9.88 Å². The van der Waals surface area contributed by atoms with E-state index in [1.807, 2.05) is 12.1 Å². The van der Waals surface area contributed by atoms with Gasteiger partial charge in [0, 0.05) is 18.8 Å². The SMILES string of the molecule is CC(C1CC1)N(C)Cc1ccnc(N)c1. The van der Waals surface area contributed by atoms with Crippen molar-refractivity contribution in [3.8, 4) is 0 Å². The molecule has 3 heteroatoms. The molecule has 0 aliphatic heterocycles. The minimum atomic E-state index is 0.611. The highest BCUT2D eigenvalue weighted by Crippen LogP contribution is 2.35. The highest BCUT2D eigenvalue weighted by molar-refractivity contribution is 5.31. The summed E-state index contributed by atoms with van der Waals surface area (Å²) in [5.41, 5.74) is 6.90. The van der Waals surface area contributed by atoms with Crippen LogP contribution < -0.4 is 5.73 Å². The third kappa shape index (κ3) is 2.69. The average molecular weight is 205 g/mol. The molecule has 1 aromatic heterocycles. The van der Waals surface area contributed by atoms with Gasteiger partial charge in [0.1, 0.15) is 5.82 Å². The van der Waals surface area contributed by atoms with Crippen LogP contribution in [0, 0.1) is 5.92 Å². The first kappa shape index (κ1) is 10.4. The molecule has 2 rings (SSSR count). The first-order valence-corrected chi connectivity index (χ1v) is 5.57. The Morgan fingerprint density at radius 2 is 2.33 bits per heavy atom. The number of pyridine rings is 1. The minimum Gasteiger partial charge on any atom is -0.384 e. The number of nitrogens with two attached hydrogens (primary N) is 1. The number of aromatic nitrogens is 1. The van der Waals surface area contributed by atoms with Crippen molar-refractivity contribution in [2.45, 2.75) is 32.4 Å². The molecular formula is C12H19N3. The maximum atomic E-state index is 5.65. The fraction of sp³-hybridized carbons (Fsp3) is 0.583. The number of nitrogen functional groups attached to an aromatic ring is 1. The molecule has 1 aliphatic carbocycles. The van der Waals surface area contributed by atoms with E-state index >= 15 is 0 Å². The second-order valence-electron chi connectivity index (χ2n) is 4.58.